The monoisotopic (exact) mass is 232 g/mol. The van der Waals surface area contributed by atoms with E-state index in [2.05, 4.69) is 0 Å². The van der Waals surface area contributed by atoms with Crippen molar-refractivity contribution in [3.05, 3.63) is 53.0 Å². The highest BCUT2D eigenvalue weighted by molar-refractivity contribution is 5.45. The zero-order chi connectivity index (χ0) is 12.4. The van der Waals surface area contributed by atoms with Crippen LogP contribution in [0.1, 0.15) is 28.4 Å². The number of benzene rings is 1. The molecule has 3 heteroatoms. The number of hydrogen-bond acceptors (Lipinski definition) is 3. The molecule has 1 heterocycles. The summed E-state index contributed by atoms with van der Waals surface area (Å²) in [6, 6.07) is 5.63. The van der Waals surface area contributed by atoms with Crippen LogP contribution in [-0.2, 0) is 0 Å². The van der Waals surface area contributed by atoms with E-state index in [0.29, 0.717) is 0 Å². The lowest BCUT2D eigenvalue weighted by molar-refractivity contribution is 0.219. The van der Waals surface area contributed by atoms with Gasteiger partial charge in [0.05, 0.1) is 19.6 Å². The summed E-state index contributed by atoms with van der Waals surface area (Å²) in [6.07, 6.45) is 2.46. The minimum atomic E-state index is -0.656. The van der Waals surface area contributed by atoms with Gasteiger partial charge in [-0.2, -0.15) is 0 Å². The first-order valence-electron chi connectivity index (χ1n) is 5.48. The first-order valence-corrected chi connectivity index (χ1v) is 5.48. The maximum Gasteiger partial charge on any atom is 0.124 e. The van der Waals surface area contributed by atoms with E-state index in [0.717, 1.165) is 28.0 Å². The number of ether oxygens (including phenoxy) is 1. The minimum absolute atomic E-state index is 0.656. The molecule has 0 bridgehead atoms. The quantitative estimate of drug-likeness (QED) is 0.884. The van der Waals surface area contributed by atoms with Crippen LogP contribution in [0.2, 0.25) is 0 Å². The van der Waals surface area contributed by atoms with E-state index >= 15 is 0 Å². The second-order valence-corrected chi connectivity index (χ2v) is 4.15. The molecule has 90 valence electrons. The molecule has 0 aliphatic rings. The molecular formula is C14H16O3. The fourth-order valence-electron chi connectivity index (χ4n) is 2.09. The summed E-state index contributed by atoms with van der Waals surface area (Å²) in [7, 11) is 1.65. The first kappa shape index (κ1) is 11.7. The Hall–Kier alpha value is -1.74. The molecule has 0 fully saturated rings. The van der Waals surface area contributed by atoms with Crippen molar-refractivity contribution in [2.75, 3.05) is 7.11 Å². The Labute approximate surface area is 101 Å². The molecule has 0 aliphatic heterocycles. The van der Waals surface area contributed by atoms with Gasteiger partial charge in [-0.15, -0.1) is 0 Å². The number of methoxy groups -OCH3 is 1. The SMILES string of the molecule is COc1c(C)cc(C(O)c2ccoc2)cc1C. The average molecular weight is 232 g/mol. The van der Waals surface area contributed by atoms with Gasteiger partial charge in [0.25, 0.3) is 0 Å². The Morgan fingerprint density at radius 2 is 1.82 bits per heavy atom. The normalized spacial score (nSPS) is 12.5. The smallest absolute Gasteiger partial charge is 0.124 e. The molecule has 0 amide bonds. The van der Waals surface area contributed by atoms with Gasteiger partial charge < -0.3 is 14.3 Å². The third kappa shape index (κ3) is 2.19. The van der Waals surface area contributed by atoms with Crippen LogP contribution in [0.5, 0.6) is 5.75 Å². The molecule has 0 spiro atoms. The topological polar surface area (TPSA) is 42.6 Å². The number of furan rings is 1. The van der Waals surface area contributed by atoms with Crippen molar-refractivity contribution in [2.45, 2.75) is 20.0 Å². The van der Waals surface area contributed by atoms with Crippen molar-refractivity contribution in [1.82, 2.24) is 0 Å². The standard InChI is InChI=1S/C14H16O3/c1-9-6-12(7-10(2)14(9)16-3)13(15)11-4-5-17-8-11/h4-8,13,15H,1-3H3. The predicted molar refractivity (Wildman–Crippen MR) is 65.2 cm³/mol. The summed E-state index contributed by atoms with van der Waals surface area (Å²) in [6.45, 7) is 3.94. The number of aliphatic hydroxyl groups excluding tert-OH is 1. The second-order valence-electron chi connectivity index (χ2n) is 4.15. The van der Waals surface area contributed by atoms with E-state index < -0.39 is 6.10 Å². The highest BCUT2D eigenvalue weighted by atomic mass is 16.5. The van der Waals surface area contributed by atoms with Crippen LogP contribution in [0, 0.1) is 13.8 Å². The first-order chi connectivity index (χ1) is 8.13. The van der Waals surface area contributed by atoms with Gasteiger partial charge in [-0.1, -0.05) is 0 Å². The summed E-state index contributed by atoms with van der Waals surface area (Å²) in [5.41, 5.74) is 3.64. The van der Waals surface area contributed by atoms with Crippen LogP contribution in [0.25, 0.3) is 0 Å². The maximum absolute atomic E-state index is 10.2. The van der Waals surface area contributed by atoms with E-state index in [1.807, 2.05) is 26.0 Å². The van der Waals surface area contributed by atoms with Crippen LogP contribution < -0.4 is 4.74 Å². The molecule has 0 aliphatic carbocycles. The largest absolute Gasteiger partial charge is 0.496 e. The molecule has 0 saturated heterocycles. The minimum Gasteiger partial charge on any atom is -0.496 e. The van der Waals surface area contributed by atoms with Gasteiger partial charge >= 0.3 is 0 Å². The summed E-state index contributed by atoms with van der Waals surface area (Å²) < 4.78 is 10.3. The van der Waals surface area contributed by atoms with Crippen molar-refractivity contribution < 1.29 is 14.3 Å². The Morgan fingerprint density at radius 1 is 1.18 bits per heavy atom. The van der Waals surface area contributed by atoms with Crippen LogP contribution in [0.4, 0.5) is 0 Å². The van der Waals surface area contributed by atoms with E-state index in [1.165, 1.54) is 0 Å². The molecule has 3 nitrogen and oxygen atoms in total. The number of hydrogen-bond donors (Lipinski definition) is 1. The molecule has 2 rings (SSSR count). The Bertz CT molecular complexity index is 477. The maximum atomic E-state index is 10.2. The number of aliphatic hydroxyl groups is 1. The van der Waals surface area contributed by atoms with Crippen molar-refractivity contribution in [2.24, 2.45) is 0 Å². The van der Waals surface area contributed by atoms with Crippen LogP contribution in [0.15, 0.2) is 35.1 Å². The van der Waals surface area contributed by atoms with Gasteiger partial charge in [-0.05, 0) is 48.7 Å². The van der Waals surface area contributed by atoms with Crippen molar-refractivity contribution in [1.29, 1.82) is 0 Å². The fraction of sp³-hybridized carbons (Fsp3) is 0.286. The van der Waals surface area contributed by atoms with Crippen molar-refractivity contribution in [3.63, 3.8) is 0 Å². The lowest BCUT2D eigenvalue weighted by Crippen LogP contribution is -2.01. The van der Waals surface area contributed by atoms with Gasteiger partial charge in [0.15, 0.2) is 0 Å². The molecule has 0 radical (unpaired) electrons. The highest BCUT2D eigenvalue weighted by Gasteiger charge is 2.14. The van der Waals surface area contributed by atoms with E-state index in [-0.39, 0.29) is 0 Å². The number of rotatable bonds is 3. The summed E-state index contributed by atoms with van der Waals surface area (Å²) in [4.78, 5) is 0. The fourth-order valence-corrected chi connectivity index (χ4v) is 2.09. The summed E-state index contributed by atoms with van der Waals surface area (Å²) >= 11 is 0. The molecule has 17 heavy (non-hydrogen) atoms. The van der Waals surface area contributed by atoms with E-state index in [4.69, 9.17) is 9.15 Å². The second kappa shape index (κ2) is 4.63. The Balaban J connectivity index is 2.40. The molecule has 0 saturated carbocycles. The third-order valence-electron chi connectivity index (χ3n) is 2.86. The lowest BCUT2D eigenvalue weighted by atomic mass is 9.99. The zero-order valence-corrected chi connectivity index (χ0v) is 10.2. The molecule has 1 aromatic heterocycles. The Morgan fingerprint density at radius 3 is 2.29 bits per heavy atom. The summed E-state index contributed by atoms with van der Waals surface area (Å²) in [5, 5.41) is 10.2. The average Bonchev–Trinajstić information content (AvgIpc) is 2.81. The molecule has 1 atom stereocenters. The molecule has 1 N–H and O–H groups in total. The van der Waals surface area contributed by atoms with Gasteiger partial charge in [0.1, 0.15) is 11.9 Å². The van der Waals surface area contributed by atoms with Crippen molar-refractivity contribution in [3.8, 4) is 5.75 Å². The third-order valence-corrected chi connectivity index (χ3v) is 2.86. The van der Waals surface area contributed by atoms with Crippen LogP contribution >= 0.6 is 0 Å². The molecule has 2 aromatic rings. The van der Waals surface area contributed by atoms with E-state index in [9.17, 15) is 5.11 Å². The zero-order valence-electron chi connectivity index (χ0n) is 10.2. The van der Waals surface area contributed by atoms with E-state index in [1.54, 1.807) is 25.7 Å². The van der Waals surface area contributed by atoms with Crippen molar-refractivity contribution >= 4 is 0 Å². The van der Waals surface area contributed by atoms with Crippen LogP contribution in [0.3, 0.4) is 0 Å². The molecule has 1 unspecified atom stereocenters. The van der Waals surface area contributed by atoms with Crippen LogP contribution in [-0.4, -0.2) is 12.2 Å². The highest BCUT2D eigenvalue weighted by Crippen LogP contribution is 2.30. The summed E-state index contributed by atoms with van der Waals surface area (Å²) in [5.74, 6) is 0.869. The lowest BCUT2D eigenvalue weighted by Gasteiger charge is -2.14. The van der Waals surface area contributed by atoms with Gasteiger partial charge in [0, 0.05) is 5.56 Å². The van der Waals surface area contributed by atoms with Gasteiger partial charge in [-0.3, -0.25) is 0 Å². The Kier molecular flexibility index (Phi) is 3.20. The predicted octanol–water partition coefficient (Wildman–Crippen LogP) is 2.99. The molecule has 1 aromatic carbocycles. The van der Waals surface area contributed by atoms with Gasteiger partial charge in [-0.25, -0.2) is 0 Å². The molecular weight excluding hydrogens is 216 g/mol. The van der Waals surface area contributed by atoms with Gasteiger partial charge in [0.2, 0.25) is 0 Å². The number of aryl methyl sites for hydroxylation is 2.